The molecule has 0 heterocycles. The van der Waals surface area contributed by atoms with E-state index in [1.165, 1.54) is 0 Å². The van der Waals surface area contributed by atoms with E-state index in [9.17, 15) is 14.4 Å². The fraction of sp³-hybridized carbons (Fsp3) is 0.870. The minimum absolute atomic E-state index is 0.0768. The molecular formula is C23H45N3O6S2. The van der Waals surface area contributed by atoms with Crippen molar-refractivity contribution in [2.75, 3.05) is 40.0 Å². The number of carbonyl (C=O) groups excluding carboxylic acids is 3. The van der Waals surface area contributed by atoms with E-state index in [0.29, 0.717) is 45.6 Å². The average Bonchev–Trinajstić information content (AvgIpc) is 2.82. The van der Waals surface area contributed by atoms with Crippen molar-refractivity contribution in [1.29, 1.82) is 0 Å². The number of unbranched alkanes of at least 4 members (excludes halogenated alkanes) is 6. The largest absolute Gasteiger partial charge is 0.385 e. The molecule has 9 nitrogen and oxygen atoms in total. The highest BCUT2D eigenvalue weighted by Crippen LogP contribution is 2.06. The van der Waals surface area contributed by atoms with E-state index in [4.69, 9.17) is 13.1 Å². The number of nitrogens with one attached hydrogen (secondary N) is 3. The van der Waals surface area contributed by atoms with Gasteiger partial charge in [0.25, 0.3) is 0 Å². The highest BCUT2D eigenvalue weighted by Gasteiger charge is 2.18. The molecule has 1 atom stereocenters. The van der Waals surface area contributed by atoms with E-state index < -0.39 is 0 Å². The van der Waals surface area contributed by atoms with Crippen LogP contribution in [0.5, 0.6) is 0 Å². The first kappa shape index (κ1) is 33.0. The summed E-state index contributed by atoms with van der Waals surface area (Å²) in [7, 11) is 1.69. The van der Waals surface area contributed by atoms with Gasteiger partial charge in [0.15, 0.2) is 0 Å². The average molecular weight is 524 g/mol. The van der Waals surface area contributed by atoms with Crippen molar-refractivity contribution in [3.05, 3.63) is 0 Å². The molecule has 0 fully saturated rings. The van der Waals surface area contributed by atoms with Gasteiger partial charge in [0.05, 0.1) is 13.2 Å². The smallest absolute Gasteiger partial charge is 0.222 e. The van der Waals surface area contributed by atoms with Crippen LogP contribution in [0, 0.1) is 0 Å². The monoisotopic (exact) mass is 523 g/mol. The van der Waals surface area contributed by atoms with E-state index in [0.717, 1.165) is 58.0 Å². The zero-order chi connectivity index (χ0) is 25.3. The molecule has 0 radical (unpaired) electrons. The van der Waals surface area contributed by atoms with E-state index in [-0.39, 0.29) is 36.6 Å². The zero-order valence-electron chi connectivity index (χ0n) is 20.6. The Labute approximate surface area is 216 Å². The number of methoxy groups -OCH3 is 1. The lowest BCUT2D eigenvalue weighted by Gasteiger charge is -2.19. The van der Waals surface area contributed by atoms with E-state index in [2.05, 4.69) is 41.8 Å². The summed E-state index contributed by atoms with van der Waals surface area (Å²) in [5, 5.41) is 8.73. The Balaban J connectivity index is 4.35. The summed E-state index contributed by atoms with van der Waals surface area (Å²) < 4.78 is 14.4. The first-order valence-electron chi connectivity index (χ1n) is 12.4. The molecule has 0 aromatic heterocycles. The lowest BCUT2D eigenvalue weighted by molar-refractivity contribution is -0.125. The Bertz CT molecular complexity index is 529. The fourth-order valence-electron chi connectivity index (χ4n) is 3.32. The number of ether oxygens (including phenoxy) is 1. The van der Waals surface area contributed by atoms with Crippen LogP contribution in [0.25, 0.3) is 0 Å². The van der Waals surface area contributed by atoms with Gasteiger partial charge in [-0.3, -0.25) is 14.4 Å². The Kier molecular flexibility index (Phi) is 24.3. The van der Waals surface area contributed by atoms with Gasteiger partial charge in [-0.25, -0.2) is 0 Å². The standard InChI is InChI=1S/C23H45N3O6S2/c1-30-16-8-3-2-6-15-25-23(29)19-20(26-22(28)11-5-10-18-32-34)12-13-21(27)24-14-7-4-9-17-31-33/h20,33-34H,2-19H2,1H3,(H,24,27)(H,25,29)(H,26,28). The molecule has 0 aliphatic carbocycles. The zero-order valence-corrected chi connectivity index (χ0v) is 22.4. The van der Waals surface area contributed by atoms with Crippen molar-refractivity contribution in [3.63, 3.8) is 0 Å². The van der Waals surface area contributed by atoms with Crippen LogP contribution in [-0.4, -0.2) is 63.8 Å². The van der Waals surface area contributed by atoms with Crippen LogP contribution in [0.3, 0.4) is 0 Å². The third-order valence-electron chi connectivity index (χ3n) is 5.24. The molecule has 0 spiro atoms. The van der Waals surface area contributed by atoms with Gasteiger partial charge >= 0.3 is 0 Å². The van der Waals surface area contributed by atoms with Gasteiger partial charge < -0.3 is 29.1 Å². The number of hydrogen-bond donors (Lipinski definition) is 5. The molecule has 3 amide bonds. The minimum atomic E-state index is -0.381. The predicted molar refractivity (Wildman–Crippen MR) is 140 cm³/mol. The molecule has 200 valence electrons. The van der Waals surface area contributed by atoms with Crippen LogP contribution in [0.4, 0.5) is 0 Å². The molecule has 0 bridgehead atoms. The molecule has 0 aromatic carbocycles. The van der Waals surface area contributed by atoms with Gasteiger partial charge in [-0.05, 0) is 77.2 Å². The molecule has 34 heavy (non-hydrogen) atoms. The van der Waals surface area contributed by atoms with Gasteiger partial charge in [0.2, 0.25) is 17.7 Å². The van der Waals surface area contributed by atoms with Crippen LogP contribution in [-0.2, 0) is 27.5 Å². The molecule has 3 N–H and O–H groups in total. The Morgan fingerprint density at radius 3 is 1.88 bits per heavy atom. The van der Waals surface area contributed by atoms with Crippen molar-refractivity contribution in [3.8, 4) is 0 Å². The van der Waals surface area contributed by atoms with Crippen molar-refractivity contribution < 1.29 is 27.5 Å². The lowest BCUT2D eigenvalue weighted by Crippen LogP contribution is -2.40. The molecule has 0 saturated carbocycles. The molecule has 11 heteroatoms. The highest BCUT2D eigenvalue weighted by atomic mass is 32.1. The van der Waals surface area contributed by atoms with E-state index >= 15 is 0 Å². The maximum atomic E-state index is 12.4. The van der Waals surface area contributed by atoms with Gasteiger partial charge in [-0.15, -0.1) is 0 Å². The van der Waals surface area contributed by atoms with Gasteiger partial charge in [0.1, 0.15) is 0 Å². The molecule has 0 saturated heterocycles. The predicted octanol–water partition coefficient (Wildman–Crippen LogP) is 3.14. The SMILES string of the molecule is COCCCCCCNC(=O)CC(CCC(=O)NCCCCCOS)NC(=O)CCCCOS. The quantitative estimate of drug-likeness (QED) is 0.0754. The van der Waals surface area contributed by atoms with Gasteiger partial charge in [-0.2, -0.15) is 0 Å². The van der Waals surface area contributed by atoms with E-state index in [1.54, 1.807) is 7.11 Å². The van der Waals surface area contributed by atoms with Crippen LogP contribution in [0.1, 0.15) is 83.5 Å². The Morgan fingerprint density at radius 2 is 1.24 bits per heavy atom. The molecule has 0 aliphatic heterocycles. The van der Waals surface area contributed by atoms with Crippen molar-refractivity contribution in [2.45, 2.75) is 89.5 Å². The van der Waals surface area contributed by atoms with Crippen LogP contribution in [0.15, 0.2) is 0 Å². The molecule has 0 aromatic rings. The number of thiol groups is 2. The Morgan fingerprint density at radius 1 is 0.676 bits per heavy atom. The van der Waals surface area contributed by atoms with Crippen molar-refractivity contribution >= 4 is 43.5 Å². The first-order chi connectivity index (χ1) is 16.5. The lowest BCUT2D eigenvalue weighted by atomic mass is 10.1. The summed E-state index contributed by atoms with van der Waals surface area (Å²) in [6, 6.07) is -0.381. The van der Waals surface area contributed by atoms with Crippen molar-refractivity contribution in [1.82, 2.24) is 16.0 Å². The molecule has 0 aliphatic rings. The van der Waals surface area contributed by atoms with Crippen LogP contribution < -0.4 is 16.0 Å². The molecule has 1 unspecified atom stereocenters. The first-order valence-corrected chi connectivity index (χ1v) is 13.1. The van der Waals surface area contributed by atoms with Gasteiger partial charge in [0, 0.05) is 52.1 Å². The highest BCUT2D eigenvalue weighted by molar-refractivity contribution is 7.75. The molecular weight excluding hydrogens is 478 g/mol. The third-order valence-corrected chi connectivity index (χ3v) is 5.60. The Hall–Kier alpha value is -1.01. The van der Waals surface area contributed by atoms with Crippen molar-refractivity contribution in [2.24, 2.45) is 0 Å². The molecule has 0 rings (SSSR count). The summed E-state index contributed by atoms with van der Waals surface area (Å²) in [4.78, 5) is 36.9. The second kappa shape index (κ2) is 25.1. The van der Waals surface area contributed by atoms with Crippen LogP contribution in [0.2, 0.25) is 0 Å². The minimum Gasteiger partial charge on any atom is -0.385 e. The van der Waals surface area contributed by atoms with Gasteiger partial charge in [-0.1, -0.05) is 12.8 Å². The number of amides is 3. The topological polar surface area (TPSA) is 115 Å². The normalized spacial score (nSPS) is 11.7. The van der Waals surface area contributed by atoms with Crippen LogP contribution >= 0.6 is 25.8 Å². The maximum absolute atomic E-state index is 12.4. The third kappa shape index (κ3) is 22.8. The second-order valence-electron chi connectivity index (χ2n) is 8.30. The summed E-state index contributed by atoms with van der Waals surface area (Å²) in [6.07, 6.45) is 9.31. The number of rotatable bonds is 24. The number of hydrogen-bond acceptors (Lipinski definition) is 8. The summed E-state index contributed by atoms with van der Waals surface area (Å²) in [5.41, 5.74) is 0. The maximum Gasteiger partial charge on any atom is 0.222 e. The summed E-state index contributed by atoms with van der Waals surface area (Å²) in [5.74, 6) is -0.313. The number of carbonyl (C=O) groups is 3. The summed E-state index contributed by atoms with van der Waals surface area (Å²) in [6.45, 7) is 3.04. The fourth-order valence-corrected chi connectivity index (χ4v) is 3.57. The van der Waals surface area contributed by atoms with E-state index in [1.807, 2.05) is 0 Å². The second-order valence-corrected chi connectivity index (χ2v) is 8.81. The summed E-state index contributed by atoms with van der Waals surface area (Å²) >= 11 is 7.39.